The predicted octanol–water partition coefficient (Wildman–Crippen LogP) is 1.33. The van der Waals surface area contributed by atoms with Crippen LogP contribution in [0.2, 0.25) is 0 Å². The predicted molar refractivity (Wildman–Crippen MR) is 65.0 cm³/mol. The van der Waals surface area contributed by atoms with E-state index in [1.54, 1.807) is 14.0 Å². The van der Waals surface area contributed by atoms with Gasteiger partial charge in [0, 0.05) is 13.5 Å². The Labute approximate surface area is 101 Å². The molecule has 0 fully saturated rings. The molecule has 0 atom stereocenters. The zero-order valence-electron chi connectivity index (χ0n) is 10.2. The molecule has 17 heavy (non-hydrogen) atoms. The van der Waals surface area contributed by atoms with Crippen molar-refractivity contribution in [3.05, 3.63) is 29.8 Å². The highest BCUT2D eigenvalue weighted by atomic mass is 16.5. The lowest BCUT2D eigenvalue weighted by Gasteiger charge is -2.06. The van der Waals surface area contributed by atoms with Gasteiger partial charge in [0.05, 0.1) is 13.0 Å². The molecule has 1 aromatic rings. The van der Waals surface area contributed by atoms with Gasteiger partial charge in [-0.2, -0.15) is 0 Å². The highest BCUT2D eigenvalue weighted by molar-refractivity contribution is 5.78. The Bertz CT molecular complexity index is 384. The van der Waals surface area contributed by atoms with E-state index >= 15 is 0 Å². The van der Waals surface area contributed by atoms with Gasteiger partial charge in [-0.1, -0.05) is 12.1 Å². The Morgan fingerprint density at radius 1 is 1.24 bits per heavy atom. The second kappa shape index (κ2) is 6.68. The minimum absolute atomic E-state index is 0.0433. The van der Waals surface area contributed by atoms with Crippen LogP contribution in [0.5, 0.6) is 5.75 Å². The molecular formula is C13H17NO3. The zero-order chi connectivity index (χ0) is 12.7. The molecule has 0 aliphatic heterocycles. The molecule has 0 bridgehead atoms. The largest absolute Gasteiger partial charge is 0.493 e. The Morgan fingerprint density at radius 3 is 2.41 bits per heavy atom. The van der Waals surface area contributed by atoms with E-state index in [1.165, 1.54) is 0 Å². The first-order valence-electron chi connectivity index (χ1n) is 5.53. The van der Waals surface area contributed by atoms with Crippen molar-refractivity contribution >= 4 is 11.7 Å². The molecule has 92 valence electrons. The molecule has 0 aliphatic rings. The van der Waals surface area contributed by atoms with Crippen LogP contribution in [-0.2, 0) is 16.0 Å². The fraction of sp³-hybridized carbons (Fsp3) is 0.385. The van der Waals surface area contributed by atoms with E-state index < -0.39 is 0 Å². The van der Waals surface area contributed by atoms with Crippen LogP contribution in [0.15, 0.2) is 24.3 Å². The molecule has 1 rings (SSSR count). The summed E-state index contributed by atoms with van der Waals surface area (Å²) in [5, 5.41) is 2.53. The average molecular weight is 235 g/mol. The van der Waals surface area contributed by atoms with Gasteiger partial charge in [0.2, 0.25) is 5.91 Å². The summed E-state index contributed by atoms with van der Waals surface area (Å²) >= 11 is 0. The fourth-order valence-corrected chi connectivity index (χ4v) is 1.38. The van der Waals surface area contributed by atoms with E-state index in [0.29, 0.717) is 25.2 Å². The fourth-order valence-electron chi connectivity index (χ4n) is 1.38. The summed E-state index contributed by atoms with van der Waals surface area (Å²) < 4.78 is 5.39. The van der Waals surface area contributed by atoms with Gasteiger partial charge in [0.25, 0.3) is 0 Å². The van der Waals surface area contributed by atoms with Crippen molar-refractivity contribution in [1.29, 1.82) is 0 Å². The Balaban J connectivity index is 2.40. The Morgan fingerprint density at radius 2 is 1.88 bits per heavy atom. The van der Waals surface area contributed by atoms with Gasteiger partial charge in [-0.25, -0.2) is 0 Å². The number of amides is 1. The monoisotopic (exact) mass is 235 g/mol. The maximum Gasteiger partial charge on any atom is 0.223 e. The molecule has 4 heteroatoms. The number of carbonyl (C=O) groups excluding carboxylic acids is 2. The van der Waals surface area contributed by atoms with Crippen molar-refractivity contribution in [2.45, 2.75) is 19.8 Å². The number of carbonyl (C=O) groups is 2. The molecule has 0 unspecified atom stereocenters. The number of Topliss-reactive ketones (excluding diaryl/α,β-unsaturated/α-hetero) is 1. The minimum atomic E-state index is -0.0433. The highest BCUT2D eigenvalue weighted by Gasteiger charge is 2.00. The van der Waals surface area contributed by atoms with Gasteiger partial charge in [0.15, 0.2) is 0 Å². The van der Waals surface area contributed by atoms with Gasteiger partial charge >= 0.3 is 0 Å². The minimum Gasteiger partial charge on any atom is -0.493 e. The van der Waals surface area contributed by atoms with Gasteiger partial charge in [-0.15, -0.1) is 0 Å². The number of nitrogens with one attached hydrogen (secondary N) is 1. The summed E-state index contributed by atoms with van der Waals surface area (Å²) in [7, 11) is 1.60. The second-order valence-electron chi connectivity index (χ2n) is 3.79. The van der Waals surface area contributed by atoms with E-state index in [-0.39, 0.29) is 11.7 Å². The Kier molecular flexibility index (Phi) is 5.20. The van der Waals surface area contributed by atoms with Gasteiger partial charge < -0.3 is 10.1 Å². The number of rotatable bonds is 6. The van der Waals surface area contributed by atoms with E-state index in [0.717, 1.165) is 5.56 Å². The maximum atomic E-state index is 10.9. The molecular weight excluding hydrogens is 218 g/mol. The summed E-state index contributed by atoms with van der Waals surface area (Å²) in [6.45, 7) is 1.92. The highest BCUT2D eigenvalue weighted by Crippen LogP contribution is 2.12. The normalized spacial score (nSPS) is 9.76. The van der Waals surface area contributed by atoms with E-state index in [4.69, 9.17) is 4.74 Å². The van der Waals surface area contributed by atoms with Crippen LogP contribution in [0.3, 0.4) is 0 Å². The summed E-state index contributed by atoms with van der Waals surface area (Å²) in [5.41, 5.74) is 0.969. The number of ether oxygens (including phenoxy) is 1. The summed E-state index contributed by atoms with van der Waals surface area (Å²) in [6, 6.07) is 7.33. The zero-order valence-corrected chi connectivity index (χ0v) is 10.2. The standard InChI is InChI=1S/C13H17NO3/c1-10(15)9-11-3-5-12(6-4-11)17-8-7-13(16)14-2/h3-6H,7-9H2,1-2H3,(H,14,16). The van der Waals surface area contributed by atoms with Crippen molar-refractivity contribution in [3.8, 4) is 5.75 Å². The van der Waals surface area contributed by atoms with Crippen molar-refractivity contribution in [2.24, 2.45) is 0 Å². The van der Waals surface area contributed by atoms with Crippen LogP contribution in [0.25, 0.3) is 0 Å². The van der Waals surface area contributed by atoms with Crippen LogP contribution in [0, 0.1) is 0 Å². The van der Waals surface area contributed by atoms with Gasteiger partial charge in [0.1, 0.15) is 11.5 Å². The van der Waals surface area contributed by atoms with Gasteiger partial charge in [-0.05, 0) is 24.6 Å². The topological polar surface area (TPSA) is 55.4 Å². The summed E-state index contributed by atoms with van der Waals surface area (Å²) in [5.74, 6) is 0.803. The first-order valence-corrected chi connectivity index (χ1v) is 5.53. The lowest BCUT2D eigenvalue weighted by molar-refractivity contribution is -0.121. The lowest BCUT2D eigenvalue weighted by Crippen LogP contribution is -2.20. The molecule has 1 amide bonds. The molecule has 0 spiro atoms. The third kappa shape index (κ3) is 5.15. The molecule has 0 saturated heterocycles. The average Bonchev–Trinajstić information content (AvgIpc) is 2.30. The molecule has 0 radical (unpaired) electrons. The molecule has 1 aromatic carbocycles. The summed E-state index contributed by atoms with van der Waals surface area (Å²) in [4.78, 5) is 21.9. The Hall–Kier alpha value is -1.84. The quantitative estimate of drug-likeness (QED) is 0.809. The molecule has 0 saturated carbocycles. The SMILES string of the molecule is CNC(=O)CCOc1ccc(CC(C)=O)cc1. The number of hydrogen-bond acceptors (Lipinski definition) is 3. The second-order valence-corrected chi connectivity index (χ2v) is 3.79. The van der Waals surface area contributed by atoms with Crippen LogP contribution in [-0.4, -0.2) is 25.3 Å². The van der Waals surface area contributed by atoms with Gasteiger partial charge in [-0.3, -0.25) is 9.59 Å². The number of hydrogen-bond donors (Lipinski definition) is 1. The molecule has 4 nitrogen and oxygen atoms in total. The van der Waals surface area contributed by atoms with Crippen molar-refractivity contribution in [3.63, 3.8) is 0 Å². The third-order valence-electron chi connectivity index (χ3n) is 2.25. The molecule has 0 aromatic heterocycles. The molecule has 1 N–H and O–H groups in total. The smallest absolute Gasteiger partial charge is 0.223 e. The number of benzene rings is 1. The lowest BCUT2D eigenvalue weighted by atomic mass is 10.1. The number of ketones is 1. The maximum absolute atomic E-state index is 10.9. The third-order valence-corrected chi connectivity index (χ3v) is 2.25. The van der Waals surface area contributed by atoms with Crippen LogP contribution in [0.1, 0.15) is 18.9 Å². The van der Waals surface area contributed by atoms with Crippen molar-refractivity contribution in [1.82, 2.24) is 5.32 Å². The van der Waals surface area contributed by atoms with Crippen LogP contribution in [0.4, 0.5) is 0 Å². The molecule has 0 aliphatic carbocycles. The summed E-state index contributed by atoms with van der Waals surface area (Å²) in [6.07, 6.45) is 0.782. The first kappa shape index (κ1) is 13.2. The van der Waals surface area contributed by atoms with E-state index in [9.17, 15) is 9.59 Å². The molecule has 0 heterocycles. The van der Waals surface area contributed by atoms with Crippen molar-refractivity contribution in [2.75, 3.05) is 13.7 Å². The first-order chi connectivity index (χ1) is 8.11. The van der Waals surface area contributed by atoms with Crippen LogP contribution < -0.4 is 10.1 Å². The van der Waals surface area contributed by atoms with Crippen molar-refractivity contribution < 1.29 is 14.3 Å². The van der Waals surface area contributed by atoms with E-state index in [1.807, 2.05) is 24.3 Å². The van der Waals surface area contributed by atoms with E-state index in [2.05, 4.69) is 5.32 Å². The van der Waals surface area contributed by atoms with Crippen LogP contribution >= 0.6 is 0 Å².